The van der Waals surface area contributed by atoms with Gasteiger partial charge < -0.3 is 4.98 Å². The third-order valence-corrected chi connectivity index (χ3v) is 4.87. The van der Waals surface area contributed by atoms with Crippen molar-refractivity contribution in [3.8, 4) is 22.4 Å². The molecule has 5 nitrogen and oxygen atoms in total. The Morgan fingerprint density at radius 2 is 1.62 bits per heavy atom. The molecule has 29 heavy (non-hydrogen) atoms. The molecule has 0 saturated heterocycles. The lowest BCUT2D eigenvalue weighted by Gasteiger charge is -2.10. The van der Waals surface area contributed by atoms with Crippen molar-refractivity contribution in [3.05, 3.63) is 75.5 Å². The van der Waals surface area contributed by atoms with Crippen molar-refractivity contribution in [2.45, 2.75) is 26.9 Å². The number of fused-ring (bicyclic) bond motifs is 1. The van der Waals surface area contributed by atoms with Gasteiger partial charge in [-0.1, -0.05) is 29.8 Å². The maximum atomic E-state index is 12.9. The molecule has 148 valence electrons. The molecule has 0 spiro atoms. The van der Waals surface area contributed by atoms with Crippen molar-refractivity contribution < 1.29 is 13.2 Å². The van der Waals surface area contributed by atoms with E-state index in [1.54, 1.807) is 6.92 Å². The Bertz CT molecular complexity index is 1270. The number of halogens is 3. The van der Waals surface area contributed by atoms with Crippen LogP contribution in [-0.4, -0.2) is 19.6 Å². The van der Waals surface area contributed by atoms with Crippen LogP contribution in [0, 0.1) is 20.8 Å². The van der Waals surface area contributed by atoms with E-state index in [9.17, 15) is 18.0 Å². The number of aromatic amines is 1. The summed E-state index contributed by atoms with van der Waals surface area (Å²) in [6.07, 6.45) is -3.40. The number of benzene rings is 1. The van der Waals surface area contributed by atoms with Crippen molar-refractivity contribution in [3.63, 3.8) is 0 Å². The van der Waals surface area contributed by atoms with Crippen LogP contribution in [0.1, 0.15) is 22.5 Å². The van der Waals surface area contributed by atoms with Crippen LogP contribution in [0.5, 0.6) is 0 Å². The van der Waals surface area contributed by atoms with Gasteiger partial charge in [-0.05, 0) is 38.5 Å². The quantitative estimate of drug-likeness (QED) is 0.533. The maximum Gasteiger partial charge on any atom is 0.433 e. The Morgan fingerprint density at radius 1 is 0.966 bits per heavy atom. The summed E-state index contributed by atoms with van der Waals surface area (Å²) in [4.78, 5) is 19.6. The first-order chi connectivity index (χ1) is 13.7. The third kappa shape index (κ3) is 3.20. The Morgan fingerprint density at radius 3 is 2.21 bits per heavy atom. The highest BCUT2D eigenvalue weighted by Crippen LogP contribution is 2.31. The zero-order valence-electron chi connectivity index (χ0n) is 15.9. The molecule has 4 rings (SSSR count). The third-order valence-electron chi connectivity index (χ3n) is 4.87. The van der Waals surface area contributed by atoms with Gasteiger partial charge in [-0.2, -0.15) is 22.8 Å². The van der Waals surface area contributed by atoms with E-state index < -0.39 is 11.9 Å². The van der Waals surface area contributed by atoms with Gasteiger partial charge in [0, 0.05) is 22.9 Å². The summed E-state index contributed by atoms with van der Waals surface area (Å²) in [5.41, 5.74) is 3.74. The van der Waals surface area contributed by atoms with Crippen LogP contribution in [0.15, 0.2) is 47.4 Å². The molecule has 0 atom stereocenters. The minimum atomic E-state index is -4.52. The van der Waals surface area contributed by atoms with Crippen molar-refractivity contribution in [1.82, 2.24) is 19.6 Å². The predicted molar refractivity (Wildman–Crippen MR) is 104 cm³/mol. The second kappa shape index (κ2) is 6.58. The predicted octanol–water partition coefficient (Wildman–Crippen LogP) is 4.70. The van der Waals surface area contributed by atoms with E-state index in [1.807, 2.05) is 38.1 Å². The smallest absolute Gasteiger partial charge is 0.339 e. The standard InChI is InChI=1S/C21H17F3N4O/c1-11-4-6-14(7-5-11)17-13(3)27-28-19(17)26-18(12(2)20(28)29)15-8-9-16(25-10-15)21(22,23)24/h4-10,26H,1-3H3. The Balaban J connectivity index is 1.94. The second-order valence-corrected chi connectivity index (χ2v) is 6.95. The van der Waals surface area contributed by atoms with Gasteiger partial charge in [-0.15, -0.1) is 0 Å². The van der Waals surface area contributed by atoms with Crippen LogP contribution in [0.2, 0.25) is 0 Å². The number of hydrogen-bond acceptors (Lipinski definition) is 3. The van der Waals surface area contributed by atoms with Crippen LogP contribution in [0.25, 0.3) is 28.0 Å². The minimum absolute atomic E-state index is 0.338. The summed E-state index contributed by atoms with van der Waals surface area (Å²) < 4.78 is 39.7. The van der Waals surface area contributed by atoms with Crippen LogP contribution < -0.4 is 5.56 Å². The second-order valence-electron chi connectivity index (χ2n) is 6.95. The van der Waals surface area contributed by atoms with E-state index in [0.29, 0.717) is 28.2 Å². The van der Waals surface area contributed by atoms with Gasteiger partial charge in [0.2, 0.25) is 0 Å². The first-order valence-electron chi connectivity index (χ1n) is 8.89. The molecule has 4 aromatic rings. The lowest BCUT2D eigenvalue weighted by atomic mass is 10.0. The number of aryl methyl sites for hydroxylation is 2. The van der Waals surface area contributed by atoms with Crippen molar-refractivity contribution in [2.75, 3.05) is 0 Å². The Hall–Kier alpha value is -3.42. The van der Waals surface area contributed by atoms with Crippen molar-refractivity contribution in [2.24, 2.45) is 0 Å². The summed E-state index contributed by atoms with van der Waals surface area (Å²) in [5.74, 6) is 0. The molecule has 0 amide bonds. The largest absolute Gasteiger partial charge is 0.433 e. The fraction of sp³-hybridized carbons (Fsp3) is 0.190. The fourth-order valence-corrected chi connectivity index (χ4v) is 3.33. The number of pyridine rings is 1. The highest BCUT2D eigenvalue weighted by atomic mass is 19.4. The molecule has 0 aliphatic carbocycles. The molecule has 0 unspecified atom stereocenters. The number of nitrogens with zero attached hydrogens (tertiary/aromatic N) is 3. The lowest BCUT2D eigenvalue weighted by Crippen LogP contribution is -2.19. The summed E-state index contributed by atoms with van der Waals surface area (Å²) in [5, 5.41) is 4.36. The summed E-state index contributed by atoms with van der Waals surface area (Å²) >= 11 is 0. The number of aromatic nitrogens is 4. The number of alkyl halides is 3. The zero-order chi connectivity index (χ0) is 20.9. The first-order valence-corrected chi connectivity index (χ1v) is 8.89. The molecule has 8 heteroatoms. The molecule has 3 aromatic heterocycles. The molecule has 0 radical (unpaired) electrons. The highest BCUT2D eigenvalue weighted by Gasteiger charge is 2.32. The maximum absolute atomic E-state index is 12.9. The molecular formula is C21H17F3N4O. The van der Waals surface area contributed by atoms with Gasteiger partial charge in [-0.3, -0.25) is 9.78 Å². The van der Waals surface area contributed by atoms with E-state index in [4.69, 9.17) is 0 Å². The molecule has 0 aliphatic heterocycles. The molecule has 3 heterocycles. The SMILES string of the molecule is Cc1ccc(-c2c(C)nn3c(=O)c(C)c(-c4ccc(C(F)(F)F)nc4)[nH]c23)cc1. The normalized spacial score (nSPS) is 11.9. The van der Waals surface area contributed by atoms with E-state index in [1.165, 1.54) is 10.6 Å². The van der Waals surface area contributed by atoms with E-state index in [-0.39, 0.29) is 5.56 Å². The van der Waals surface area contributed by atoms with Gasteiger partial charge in [0.05, 0.1) is 11.4 Å². The monoisotopic (exact) mass is 398 g/mol. The average molecular weight is 398 g/mol. The molecule has 0 saturated carbocycles. The minimum Gasteiger partial charge on any atom is -0.339 e. The number of hydrogen-bond donors (Lipinski definition) is 1. The molecule has 0 fully saturated rings. The van der Waals surface area contributed by atoms with Crippen molar-refractivity contribution in [1.29, 1.82) is 0 Å². The van der Waals surface area contributed by atoms with Crippen molar-refractivity contribution >= 4 is 5.65 Å². The van der Waals surface area contributed by atoms with Gasteiger partial charge in [0.15, 0.2) is 0 Å². The molecule has 1 N–H and O–H groups in total. The average Bonchev–Trinajstić information content (AvgIpc) is 3.01. The lowest BCUT2D eigenvalue weighted by molar-refractivity contribution is -0.141. The van der Waals surface area contributed by atoms with E-state index in [2.05, 4.69) is 15.1 Å². The Kier molecular flexibility index (Phi) is 4.29. The Labute approximate surface area is 163 Å². The topological polar surface area (TPSA) is 63.1 Å². The summed E-state index contributed by atoms with van der Waals surface area (Å²) in [6.45, 7) is 5.39. The molecule has 1 aromatic carbocycles. The van der Waals surface area contributed by atoms with Gasteiger partial charge in [0.1, 0.15) is 11.3 Å². The van der Waals surface area contributed by atoms with E-state index >= 15 is 0 Å². The number of rotatable bonds is 2. The van der Waals surface area contributed by atoms with Crippen LogP contribution in [-0.2, 0) is 6.18 Å². The molecule has 0 bridgehead atoms. The summed E-state index contributed by atoms with van der Waals surface area (Å²) in [6, 6.07) is 10.0. The van der Waals surface area contributed by atoms with E-state index in [0.717, 1.165) is 29.0 Å². The van der Waals surface area contributed by atoms with Gasteiger partial charge >= 0.3 is 6.18 Å². The molecular weight excluding hydrogens is 381 g/mol. The van der Waals surface area contributed by atoms with Gasteiger partial charge in [-0.25, -0.2) is 0 Å². The highest BCUT2D eigenvalue weighted by molar-refractivity contribution is 5.81. The fourth-order valence-electron chi connectivity index (χ4n) is 3.33. The van der Waals surface area contributed by atoms with Crippen LogP contribution in [0.4, 0.5) is 13.2 Å². The number of nitrogens with one attached hydrogen (secondary N) is 1. The first kappa shape index (κ1) is 18.9. The zero-order valence-corrected chi connectivity index (χ0v) is 15.9. The summed E-state index contributed by atoms with van der Waals surface area (Å²) in [7, 11) is 0. The number of H-pyrrole nitrogens is 1. The van der Waals surface area contributed by atoms with Crippen LogP contribution >= 0.6 is 0 Å². The van der Waals surface area contributed by atoms with Crippen LogP contribution in [0.3, 0.4) is 0 Å². The molecule has 0 aliphatic rings. The van der Waals surface area contributed by atoms with Gasteiger partial charge in [0.25, 0.3) is 5.56 Å².